The van der Waals surface area contributed by atoms with E-state index in [0.717, 1.165) is 47.3 Å². The van der Waals surface area contributed by atoms with Crippen LogP contribution in [-0.4, -0.2) is 103 Å². The van der Waals surface area contributed by atoms with Crippen LogP contribution < -0.4 is 22.0 Å². The highest BCUT2D eigenvalue weighted by atomic mass is 35.5. The van der Waals surface area contributed by atoms with E-state index in [1.54, 1.807) is 12.7 Å². The van der Waals surface area contributed by atoms with Gasteiger partial charge in [-0.05, 0) is 64.6 Å². The van der Waals surface area contributed by atoms with Crippen molar-refractivity contribution in [2.45, 2.75) is 82.7 Å². The topological polar surface area (TPSA) is 144 Å². The van der Waals surface area contributed by atoms with E-state index in [1.165, 1.54) is 58.2 Å². The molecule has 234 valence electrons. The third-order valence-electron chi connectivity index (χ3n) is 10.0. The normalized spacial score (nSPS) is 38.1. The Kier molecular flexibility index (Phi) is 8.33. The first-order valence-electron chi connectivity index (χ1n) is 15.0. The molecule has 8 aliphatic rings. The molecule has 0 aromatic carbocycles. The summed E-state index contributed by atoms with van der Waals surface area (Å²) in [7, 11) is -4.12. The third kappa shape index (κ3) is 5.82. The highest BCUT2D eigenvalue weighted by molar-refractivity contribution is 7.84. The van der Waals surface area contributed by atoms with Gasteiger partial charge in [0.1, 0.15) is 24.6 Å². The van der Waals surface area contributed by atoms with E-state index in [4.69, 9.17) is 28.5 Å². The molecule has 4 bridgehead atoms. The summed E-state index contributed by atoms with van der Waals surface area (Å²) in [4.78, 5) is 16.5. The second-order valence-corrected chi connectivity index (χ2v) is 14.3. The van der Waals surface area contributed by atoms with Crippen molar-refractivity contribution in [3.05, 3.63) is 12.7 Å². The molecule has 2 aromatic rings. The Bertz CT molecular complexity index is 1340. The van der Waals surface area contributed by atoms with Crippen molar-refractivity contribution in [2.75, 3.05) is 45.9 Å². The Balaban J connectivity index is 0.000000301. The summed E-state index contributed by atoms with van der Waals surface area (Å²) in [5.74, 6) is 2.05. The van der Waals surface area contributed by atoms with Gasteiger partial charge in [-0.1, -0.05) is 0 Å². The first kappa shape index (κ1) is 30.5. The van der Waals surface area contributed by atoms with Gasteiger partial charge < -0.3 is 31.5 Å². The second-order valence-electron chi connectivity index (χ2n) is 13.1. The summed E-state index contributed by atoms with van der Waals surface area (Å²) < 4.78 is 48.5. The zero-order valence-electron chi connectivity index (χ0n) is 24.3. The lowest BCUT2D eigenvalue weighted by Crippen LogP contribution is -3.00. The molecule has 0 amide bonds. The summed E-state index contributed by atoms with van der Waals surface area (Å²) in [6, 6.07) is 0. The van der Waals surface area contributed by atoms with E-state index >= 15 is 0 Å². The van der Waals surface area contributed by atoms with Gasteiger partial charge in [-0.3, -0.25) is 13.2 Å². The Morgan fingerprint density at radius 3 is 2.17 bits per heavy atom. The monoisotopic (exact) mass is 627 g/mol. The first-order valence-corrected chi connectivity index (χ1v) is 16.5. The van der Waals surface area contributed by atoms with Crippen LogP contribution in [0.2, 0.25) is 0 Å². The summed E-state index contributed by atoms with van der Waals surface area (Å²) in [6.07, 6.45) is 9.04. The van der Waals surface area contributed by atoms with Crippen molar-refractivity contribution < 1.29 is 39.2 Å². The highest BCUT2D eigenvalue weighted by Crippen LogP contribution is 2.45. The minimum atomic E-state index is -4.12. The summed E-state index contributed by atoms with van der Waals surface area (Å²) in [6.45, 7) is 10.7. The minimum Gasteiger partial charge on any atom is -1.00 e. The maximum Gasteiger partial charge on any atom is 0.333 e. The molecule has 13 nitrogen and oxygen atoms in total. The number of rotatable bonds is 5. The van der Waals surface area contributed by atoms with Crippen LogP contribution in [0, 0.1) is 11.8 Å². The van der Waals surface area contributed by atoms with Gasteiger partial charge in [0.05, 0.1) is 32.6 Å². The van der Waals surface area contributed by atoms with Crippen LogP contribution in [0.15, 0.2) is 12.7 Å². The van der Waals surface area contributed by atoms with E-state index in [1.807, 2.05) is 18.4 Å². The summed E-state index contributed by atoms with van der Waals surface area (Å²) >= 11 is 0. The number of aromatic nitrogens is 4. The molecule has 4 unspecified atom stereocenters. The van der Waals surface area contributed by atoms with Crippen molar-refractivity contribution in [2.24, 2.45) is 17.0 Å². The maximum absolute atomic E-state index is 11.3. The van der Waals surface area contributed by atoms with Gasteiger partial charge >= 0.3 is 10.3 Å². The molecular formula is C27H42ClN7O6S. The molecule has 0 spiro atoms. The summed E-state index contributed by atoms with van der Waals surface area (Å²) in [5, 5.41) is 5.01. The molecule has 2 N–H and O–H groups in total. The molecule has 0 aliphatic carbocycles. The smallest absolute Gasteiger partial charge is 0.333 e. The average molecular weight is 628 g/mol. The van der Waals surface area contributed by atoms with Crippen LogP contribution in [0.3, 0.4) is 0 Å². The standard InChI is InChI=1S/C20H29N6O6S.C7H13N.ClH/c1-20(2)31-15-13(9-29-33(21,27)28)30-19(16(15)32-20)25-11-24-14-17(25)22-10-23-18(14)26-6-3-12(4-7-26)5-8-26;1-4-8-5-2-7(1)3-6-8;/h10-13,15-16,19H,3-9H2,1-2H3,(H2,21,27,28);7H,1-6H2;1H/q+1;;/p-1. The lowest BCUT2D eigenvalue weighted by molar-refractivity contribution is -0.198. The van der Waals surface area contributed by atoms with Crippen LogP contribution >= 0.6 is 0 Å². The van der Waals surface area contributed by atoms with E-state index in [-0.39, 0.29) is 19.0 Å². The molecule has 4 atom stereocenters. The fourth-order valence-electron chi connectivity index (χ4n) is 7.79. The Morgan fingerprint density at radius 1 is 0.976 bits per heavy atom. The molecule has 8 aliphatic heterocycles. The van der Waals surface area contributed by atoms with Gasteiger partial charge in [0.25, 0.3) is 5.82 Å². The number of ether oxygens (including phenoxy) is 3. The van der Waals surface area contributed by atoms with Gasteiger partial charge in [0.2, 0.25) is 0 Å². The zero-order chi connectivity index (χ0) is 28.4. The van der Waals surface area contributed by atoms with Crippen LogP contribution in [0.4, 0.5) is 5.82 Å². The highest BCUT2D eigenvalue weighted by Gasteiger charge is 2.56. The predicted molar refractivity (Wildman–Crippen MR) is 150 cm³/mol. The first-order chi connectivity index (χ1) is 19.6. The number of quaternary nitrogens is 1. The fraction of sp³-hybridized carbons (Fsp3) is 0.815. The molecule has 0 radical (unpaired) electrons. The quantitative estimate of drug-likeness (QED) is 0.397. The minimum absolute atomic E-state index is 0. The molecular weight excluding hydrogens is 586 g/mol. The molecule has 15 heteroatoms. The van der Waals surface area contributed by atoms with Crippen molar-refractivity contribution in [3.63, 3.8) is 0 Å². The van der Waals surface area contributed by atoms with Crippen LogP contribution in [-0.2, 0) is 28.7 Å². The molecule has 8 fully saturated rings. The predicted octanol–water partition coefficient (Wildman–Crippen LogP) is -1.31. The van der Waals surface area contributed by atoms with Gasteiger partial charge in [-0.25, -0.2) is 15.1 Å². The lowest BCUT2D eigenvalue weighted by Gasteiger charge is -2.47. The fourth-order valence-corrected chi connectivity index (χ4v) is 8.11. The van der Waals surface area contributed by atoms with Gasteiger partial charge in [-0.2, -0.15) is 13.4 Å². The third-order valence-corrected chi connectivity index (χ3v) is 10.5. The van der Waals surface area contributed by atoms with Crippen molar-refractivity contribution in [1.82, 2.24) is 28.9 Å². The Morgan fingerprint density at radius 2 is 1.60 bits per heavy atom. The maximum atomic E-state index is 11.3. The largest absolute Gasteiger partial charge is 1.00 e. The SMILES string of the molecule is C1CN2CCC1CC2.CC1(C)OC2C(COS(N)(=O)=O)OC(n3cnc4c([N+]56CCC(CC5)CC6)ncnc43)C2O1.[Cl-]. The number of nitrogens with two attached hydrogens (primary N) is 1. The molecule has 10 rings (SSSR count). The van der Waals surface area contributed by atoms with Crippen molar-refractivity contribution in [1.29, 1.82) is 0 Å². The van der Waals surface area contributed by atoms with E-state index < -0.39 is 40.6 Å². The van der Waals surface area contributed by atoms with Gasteiger partial charge in [0.15, 0.2) is 23.2 Å². The summed E-state index contributed by atoms with van der Waals surface area (Å²) in [5.41, 5.74) is 1.42. The van der Waals surface area contributed by atoms with E-state index in [9.17, 15) is 8.42 Å². The number of fused-ring (bicyclic) bond motifs is 8. The number of imidazole rings is 1. The Labute approximate surface area is 253 Å². The molecule has 2 aromatic heterocycles. The number of hydrogen-bond acceptors (Lipinski definition) is 10. The number of piperidine rings is 6. The average Bonchev–Trinajstić information content (AvgIpc) is 3.64. The molecule has 42 heavy (non-hydrogen) atoms. The number of nitrogens with zero attached hydrogens (tertiary/aromatic N) is 6. The second kappa shape index (κ2) is 11.5. The lowest BCUT2D eigenvalue weighted by atomic mass is 9.85. The Hall–Kier alpha value is -1.49. The van der Waals surface area contributed by atoms with E-state index in [2.05, 4.69) is 14.9 Å². The molecule has 10 heterocycles. The number of halogens is 1. The number of hydrogen-bond donors (Lipinski definition) is 1. The molecule has 0 saturated carbocycles. The molecule has 8 saturated heterocycles. The van der Waals surface area contributed by atoms with E-state index in [0.29, 0.717) is 5.65 Å². The van der Waals surface area contributed by atoms with Gasteiger partial charge in [-0.15, -0.1) is 0 Å². The zero-order valence-corrected chi connectivity index (χ0v) is 25.9. The van der Waals surface area contributed by atoms with Crippen molar-refractivity contribution in [3.8, 4) is 0 Å². The van der Waals surface area contributed by atoms with Crippen LogP contribution in [0.1, 0.15) is 58.6 Å². The van der Waals surface area contributed by atoms with Crippen LogP contribution in [0.5, 0.6) is 0 Å². The van der Waals surface area contributed by atoms with Crippen LogP contribution in [0.25, 0.3) is 11.2 Å². The van der Waals surface area contributed by atoms with Crippen molar-refractivity contribution >= 4 is 27.3 Å². The van der Waals surface area contributed by atoms with Gasteiger partial charge in [0, 0.05) is 19.3 Å².